The Hall–Kier alpha value is -1.92. The van der Waals surface area contributed by atoms with Gasteiger partial charge < -0.3 is 20.5 Å². The summed E-state index contributed by atoms with van der Waals surface area (Å²) >= 11 is 0. The van der Waals surface area contributed by atoms with E-state index >= 15 is 0 Å². The van der Waals surface area contributed by atoms with Gasteiger partial charge in [0.15, 0.2) is 0 Å². The molecule has 5 nitrogen and oxygen atoms in total. The van der Waals surface area contributed by atoms with E-state index in [2.05, 4.69) is 17.4 Å². The van der Waals surface area contributed by atoms with Gasteiger partial charge in [0.05, 0.1) is 11.7 Å². The monoisotopic (exact) mass is 402 g/mol. The molecule has 29 heavy (non-hydrogen) atoms. The lowest BCUT2D eigenvalue weighted by molar-refractivity contribution is -0.132. The van der Waals surface area contributed by atoms with Crippen LogP contribution in [0.25, 0.3) is 0 Å². The zero-order valence-corrected chi connectivity index (χ0v) is 16.9. The maximum atomic E-state index is 13.1. The average Bonchev–Trinajstić information content (AvgIpc) is 3.35. The van der Waals surface area contributed by atoms with Crippen molar-refractivity contribution >= 4 is 5.91 Å². The van der Waals surface area contributed by atoms with Gasteiger partial charge in [0.25, 0.3) is 0 Å². The van der Waals surface area contributed by atoms with E-state index in [9.17, 15) is 9.18 Å². The molecule has 2 bridgehead atoms. The van der Waals surface area contributed by atoms with Crippen LogP contribution >= 0.6 is 0 Å². The minimum absolute atomic E-state index is 0.0901. The molecule has 2 aliphatic carbocycles. The zero-order chi connectivity index (χ0) is 20.3. The van der Waals surface area contributed by atoms with Crippen LogP contribution in [0.5, 0.6) is 5.75 Å². The third kappa shape index (κ3) is 4.05. The number of fused-ring (bicyclic) bond motifs is 2. The van der Waals surface area contributed by atoms with Crippen molar-refractivity contribution in [1.29, 1.82) is 0 Å². The number of carbonyl (C=O) groups excluding carboxylic acids is 1. The van der Waals surface area contributed by atoms with Crippen molar-refractivity contribution in [2.24, 2.45) is 11.1 Å². The second-order valence-electron chi connectivity index (χ2n) is 8.88. The van der Waals surface area contributed by atoms with Crippen LogP contribution in [0.4, 0.5) is 4.39 Å². The molecule has 4 rings (SSSR count). The molecule has 3 fully saturated rings. The van der Waals surface area contributed by atoms with Gasteiger partial charge in [-0.05, 0) is 68.1 Å². The first-order valence-corrected chi connectivity index (χ1v) is 10.7. The van der Waals surface area contributed by atoms with Gasteiger partial charge in [-0.15, -0.1) is 0 Å². The van der Waals surface area contributed by atoms with Crippen LogP contribution in [0, 0.1) is 5.41 Å². The quantitative estimate of drug-likeness (QED) is 0.733. The topological polar surface area (TPSA) is 73.6 Å². The Bertz CT molecular complexity index is 748. The van der Waals surface area contributed by atoms with Crippen LogP contribution < -0.4 is 15.8 Å². The van der Waals surface area contributed by atoms with E-state index in [-0.39, 0.29) is 35.9 Å². The molecule has 1 aromatic carbocycles. The number of hydrogen-bond acceptors (Lipinski definition) is 4. The molecule has 0 unspecified atom stereocenters. The van der Waals surface area contributed by atoms with Crippen LogP contribution in [0.2, 0.25) is 0 Å². The highest BCUT2D eigenvalue weighted by Gasteiger charge is 2.58. The van der Waals surface area contributed by atoms with Crippen molar-refractivity contribution in [3.63, 3.8) is 0 Å². The van der Waals surface area contributed by atoms with Gasteiger partial charge in [-0.25, -0.2) is 4.39 Å². The molecule has 1 amide bonds. The van der Waals surface area contributed by atoms with Crippen LogP contribution in [-0.2, 0) is 14.9 Å². The molecular weight excluding hydrogens is 371 g/mol. The summed E-state index contributed by atoms with van der Waals surface area (Å²) in [5.41, 5.74) is 7.05. The molecule has 1 saturated heterocycles. The molecule has 2 saturated carbocycles. The summed E-state index contributed by atoms with van der Waals surface area (Å²) in [6.45, 7) is 1.79. The van der Waals surface area contributed by atoms with Gasteiger partial charge in [0.1, 0.15) is 12.4 Å². The minimum atomic E-state index is -0.213. The Kier molecular flexibility index (Phi) is 5.93. The first-order chi connectivity index (χ1) is 14.1. The molecule has 0 spiro atoms. The highest BCUT2D eigenvalue weighted by molar-refractivity contribution is 5.84. The fourth-order valence-corrected chi connectivity index (χ4v) is 5.30. The summed E-state index contributed by atoms with van der Waals surface area (Å²) in [5, 5.41) is 3.31. The van der Waals surface area contributed by atoms with E-state index in [0.717, 1.165) is 58.2 Å². The Morgan fingerprint density at radius 3 is 2.52 bits per heavy atom. The normalized spacial score (nSPS) is 29.8. The van der Waals surface area contributed by atoms with Crippen molar-refractivity contribution in [2.75, 3.05) is 26.4 Å². The number of ether oxygens (including phenoxy) is 2. The molecular formula is C23H31FN2O3. The maximum absolute atomic E-state index is 13.1. The summed E-state index contributed by atoms with van der Waals surface area (Å²) in [6.07, 6.45) is 7.29. The number of carbonyl (C=O) groups is 1. The van der Waals surface area contributed by atoms with E-state index in [1.165, 1.54) is 5.56 Å². The predicted octanol–water partition coefficient (Wildman–Crippen LogP) is 3.37. The Balaban J connectivity index is 1.39. The minimum Gasteiger partial charge on any atom is -0.489 e. The van der Waals surface area contributed by atoms with Gasteiger partial charge in [0.2, 0.25) is 5.91 Å². The van der Waals surface area contributed by atoms with Crippen molar-refractivity contribution < 1.29 is 18.7 Å². The number of benzene rings is 1. The lowest BCUT2D eigenvalue weighted by Crippen LogP contribution is -2.45. The molecule has 3 N–H and O–H groups in total. The molecule has 0 atom stereocenters. The van der Waals surface area contributed by atoms with E-state index in [0.29, 0.717) is 17.7 Å². The first-order valence-electron chi connectivity index (χ1n) is 10.7. The van der Waals surface area contributed by atoms with Gasteiger partial charge in [0, 0.05) is 31.4 Å². The Morgan fingerprint density at radius 2 is 1.90 bits per heavy atom. The molecule has 1 aromatic rings. The van der Waals surface area contributed by atoms with Crippen molar-refractivity contribution in [3.8, 4) is 5.75 Å². The molecule has 1 heterocycles. The summed E-state index contributed by atoms with van der Waals surface area (Å²) in [7, 11) is 0. The molecule has 158 valence electrons. The highest BCUT2D eigenvalue weighted by atomic mass is 19.1. The molecule has 6 heteroatoms. The van der Waals surface area contributed by atoms with Crippen molar-refractivity contribution in [1.82, 2.24) is 5.32 Å². The summed E-state index contributed by atoms with van der Waals surface area (Å²) in [6, 6.07) is 8.35. The van der Waals surface area contributed by atoms with Gasteiger partial charge in [-0.1, -0.05) is 12.1 Å². The molecule has 0 aromatic heterocycles. The zero-order valence-electron chi connectivity index (χ0n) is 16.9. The van der Waals surface area contributed by atoms with Gasteiger partial charge >= 0.3 is 0 Å². The van der Waals surface area contributed by atoms with Gasteiger partial charge in [-0.3, -0.25) is 4.79 Å². The van der Waals surface area contributed by atoms with Gasteiger partial charge in [-0.2, -0.15) is 0 Å². The third-order valence-electron chi connectivity index (χ3n) is 7.19. The molecule has 0 radical (unpaired) electrons. The van der Waals surface area contributed by atoms with Crippen LogP contribution in [0.1, 0.15) is 50.5 Å². The fraction of sp³-hybridized carbons (Fsp3) is 0.609. The van der Waals surface area contributed by atoms with Crippen LogP contribution in [-0.4, -0.2) is 38.3 Å². The number of nitrogens with two attached hydrogens (primary N) is 1. The largest absolute Gasteiger partial charge is 0.489 e. The average molecular weight is 403 g/mol. The smallest absolute Gasteiger partial charge is 0.226 e. The van der Waals surface area contributed by atoms with Crippen molar-refractivity contribution in [2.45, 2.75) is 56.4 Å². The van der Waals surface area contributed by atoms with E-state index in [1.807, 2.05) is 12.1 Å². The van der Waals surface area contributed by atoms with E-state index < -0.39 is 0 Å². The second kappa shape index (κ2) is 8.44. The van der Waals surface area contributed by atoms with Crippen LogP contribution in [0.3, 0.4) is 0 Å². The third-order valence-corrected chi connectivity index (χ3v) is 7.19. The lowest BCUT2D eigenvalue weighted by atomic mass is 9.77. The Labute approximate surface area is 171 Å². The number of nitrogens with one attached hydrogen (secondary N) is 1. The lowest BCUT2D eigenvalue weighted by Gasteiger charge is -2.30. The number of halogens is 1. The first kappa shape index (κ1) is 20.4. The van der Waals surface area contributed by atoms with E-state index in [1.54, 1.807) is 0 Å². The summed E-state index contributed by atoms with van der Waals surface area (Å²) < 4.78 is 23.6. The molecule has 1 aliphatic heterocycles. The standard InChI is InChI=1S/C23H31FN2O3/c24-13-17(14-25)15-29-20-3-1-18(2-4-20)22-7-9-23(16-22,10-8-22)21(27)26-19-5-11-28-12-6-19/h1-4,13,19H,5-12,14-16,25H2,(H,26,27)/b17-13+. The number of rotatable bonds is 7. The van der Waals surface area contributed by atoms with E-state index in [4.69, 9.17) is 15.2 Å². The maximum Gasteiger partial charge on any atom is 0.226 e. The SMILES string of the molecule is NC/C(=C\F)COc1ccc(C23CCC(C(=O)NC4CCOCC4)(CC2)C3)cc1. The summed E-state index contributed by atoms with van der Waals surface area (Å²) in [4.78, 5) is 13.1. The Morgan fingerprint density at radius 1 is 1.21 bits per heavy atom. The second-order valence-corrected chi connectivity index (χ2v) is 8.88. The fourth-order valence-electron chi connectivity index (χ4n) is 5.30. The van der Waals surface area contributed by atoms with Crippen molar-refractivity contribution in [3.05, 3.63) is 41.7 Å². The molecule has 3 aliphatic rings. The number of amides is 1. The predicted molar refractivity (Wildman–Crippen MR) is 109 cm³/mol. The highest BCUT2D eigenvalue weighted by Crippen LogP contribution is 2.62. The van der Waals surface area contributed by atoms with Crippen LogP contribution in [0.15, 0.2) is 36.2 Å². The number of hydrogen-bond donors (Lipinski definition) is 2. The summed E-state index contributed by atoms with van der Waals surface area (Å²) in [5.74, 6) is 0.952.